The summed E-state index contributed by atoms with van der Waals surface area (Å²) in [5.41, 5.74) is 7.14. The van der Waals surface area contributed by atoms with E-state index in [0.717, 1.165) is 36.9 Å². The molecule has 6 heteroatoms. The number of nitrogens with zero attached hydrogens (tertiary/aromatic N) is 3. The highest BCUT2D eigenvalue weighted by Gasteiger charge is 2.25. The van der Waals surface area contributed by atoms with Gasteiger partial charge in [0.2, 0.25) is 0 Å². The van der Waals surface area contributed by atoms with Gasteiger partial charge in [-0.25, -0.2) is 4.99 Å². The Morgan fingerprint density at radius 2 is 2.14 bits per heavy atom. The Balaban J connectivity index is 0.00000190. The second-order valence-electron chi connectivity index (χ2n) is 7.74. The van der Waals surface area contributed by atoms with Crippen molar-refractivity contribution in [1.82, 2.24) is 15.1 Å². The number of H-pyrrole nitrogens is 1. The lowest BCUT2D eigenvalue weighted by Gasteiger charge is -2.25. The van der Waals surface area contributed by atoms with Crippen molar-refractivity contribution >= 4 is 11.7 Å². The molecule has 2 rings (SSSR count). The zero-order valence-corrected chi connectivity index (χ0v) is 18.3. The monoisotopic (exact) mass is 386 g/mol. The highest BCUT2D eigenvalue weighted by molar-refractivity contribution is 6.03. The Bertz CT molecular complexity index is 673. The van der Waals surface area contributed by atoms with E-state index < -0.39 is 0 Å². The summed E-state index contributed by atoms with van der Waals surface area (Å²) in [6.07, 6.45) is 10.4. The van der Waals surface area contributed by atoms with E-state index in [2.05, 4.69) is 73.5 Å². The molecular formula is C22H38N6. The lowest BCUT2D eigenvalue weighted by Crippen LogP contribution is -2.36. The number of nitrogens with one attached hydrogen (secondary N) is 2. The number of aromatic nitrogens is 2. The lowest BCUT2D eigenvalue weighted by molar-refractivity contribution is 0.347. The van der Waals surface area contributed by atoms with Crippen LogP contribution in [-0.2, 0) is 0 Å². The van der Waals surface area contributed by atoms with Gasteiger partial charge in [0.15, 0.2) is 5.82 Å². The number of aliphatic imine (C=N–C) groups is 1. The number of anilines is 1. The smallest absolute Gasteiger partial charge is 0.153 e. The first-order valence-corrected chi connectivity index (χ1v) is 10.1. The largest absolute Gasteiger partial charge is 0.360 e. The van der Waals surface area contributed by atoms with Gasteiger partial charge in [0, 0.05) is 36.8 Å². The van der Waals surface area contributed by atoms with Crippen LogP contribution < -0.4 is 11.1 Å². The van der Waals surface area contributed by atoms with Gasteiger partial charge < -0.3 is 16.0 Å². The van der Waals surface area contributed by atoms with Crippen molar-refractivity contribution in [3.63, 3.8) is 0 Å². The zero-order chi connectivity index (χ0) is 21.2. The molecule has 6 nitrogen and oxygen atoms in total. The third kappa shape index (κ3) is 8.57. The standard InChI is InChI=1S/C20H34N6.C2H4/c1-6-8-17(22-18-14-16(24-25-18)15-10-11-15)23-19(9-7-2)26(5)13-12-20(3,4)21;1-2/h6,8-9,14-15H,7,10-13,21H2,1-5H3,(H2,22,23,24,25);1-2H2/b8-6-,19-9-;. The molecule has 4 N–H and O–H groups in total. The maximum Gasteiger partial charge on any atom is 0.153 e. The maximum atomic E-state index is 6.12. The van der Waals surface area contributed by atoms with Crippen molar-refractivity contribution in [1.29, 1.82) is 0 Å². The Morgan fingerprint density at radius 3 is 2.68 bits per heavy atom. The molecular weight excluding hydrogens is 348 g/mol. The summed E-state index contributed by atoms with van der Waals surface area (Å²) in [6.45, 7) is 15.1. The minimum atomic E-state index is -0.187. The summed E-state index contributed by atoms with van der Waals surface area (Å²) in [5, 5.41) is 10.8. The molecule has 1 heterocycles. The second kappa shape index (κ2) is 11.5. The van der Waals surface area contributed by atoms with Gasteiger partial charge in [-0.15, -0.1) is 13.2 Å². The first kappa shape index (κ1) is 23.7. The van der Waals surface area contributed by atoms with Crippen LogP contribution in [0.1, 0.15) is 65.0 Å². The van der Waals surface area contributed by atoms with Crippen LogP contribution in [0.4, 0.5) is 5.82 Å². The Hall–Kier alpha value is -2.34. The Labute approximate surface area is 170 Å². The second-order valence-corrected chi connectivity index (χ2v) is 7.74. The molecule has 0 atom stereocenters. The Kier molecular flexibility index (Phi) is 9.73. The van der Waals surface area contributed by atoms with Gasteiger partial charge in [-0.2, -0.15) is 5.10 Å². The molecule has 0 aliphatic heterocycles. The molecule has 156 valence electrons. The summed E-state index contributed by atoms with van der Waals surface area (Å²) >= 11 is 0. The van der Waals surface area contributed by atoms with Gasteiger partial charge in [0.1, 0.15) is 11.7 Å². The SMILES string of the molecule is C=C.C\C=C/C(=N\C(=C\CC)N(C)CCC(C)(C)N)Nc1cc(C2CC2)[nH]n1. The summed E-state index contributed by atoms with van der Waals surface area (Å²) in [5.74, 6) is 3.18. The average Bonchev–Trinajstić information content (AvgIpc) is 3.40. The van der Waals surface area contributed by atoms with Gasteiger partial charge in [0.05, 0.1) is 0 Å². The summed E-state index contributed by atoms with van der Waals surface area (Å²) in [4.78, 5) is 6.99. The minimum absolute atomic E-state index is 0.187. The van der Waals surface area contributed by atoms with E-state index in [0.29, 0.717) is 5.92 Å². The summed E-state index contributed by atoms with van der Waals surface area (Å²) < 4.78 is 0. The van der Waals surface area contributed by atoms with Crippen LogP contribution in [0.2, 0.25) is 0 Å². The van der Waals surface area contributed by atoms with Crippen LogP contribution >= 0.6 is 0 Å². The predicted octanol–water partition coefficient (Wildman–Crippen LogP) is 4.79. The average molecular weight is 387 g/mol. The van der Waals surface area contributed by atoms with Crippen molar-refractivity contribution in [2.75, 3.05) is 18.9 Å². The van der Waals surface area contributed by atoms with Crippen LogP contribution in [0.25, 0.3) is 0 Å². The van der Waals surface area contributed by atoms with Crippen LogP contribution in [0.3, 0.4) is 0 Å². The van der Waals surface area contributed by atoms with Gasteiger partial charge >= 0.3 is 0 Å². The molecule has 28 heavy (non-hydrogen) atoms. The topological polar surface area (TPSA) is 82.3 Å². The molecule has 0 aromatic carbocycles. The molecule has 1 aromatic rings. The number of hydrogen-bond donors (Lipinski definition) is 3. The lowest BCUT2D eigenvalue weighted by atomic mass is 10.0. The van der Waals surface area contributed by atoms with Crippen molar-refractivity contribution < 1.29 is 0 Å². The maximum absolute atomic E-state index is 6.12. The van der Waals surface area contributed by atoms with Gasteiger partial charge in [-0.3, -0.25) is 5.10 Å². The first-order chi connectivity index (χ1) is 13.3. The van der Waals surface area contributed by atoms with E-state index in [1.54, 1.807) is 0 Å². The molecule has 0 radical (unpaired) electrons. The third-order valence-electron chi connectivity index (χ3n) is 4.30. The molecule has 0 amide bonds. The van der Waals surface area contributed by atoms with Gasteiger partial charge in [0.25, 0.3) is 0 Å². The highest BCUT2D eigenvalue weighted by Crippen LogP contribution is 2.39. The van der Waals surface area contributed by atoms with Crippen LogP contribution in [0.15, 0.2) is 48.3 Å². The molecule has 0 bridgehead atoms. The number of aromatic amines is 1. The molecule has 0 saturated heterocycles. The van der Waals surface area contributed by atoms with E-state index in [-0.39, 0.29) is 5.54 Å². The van der Waals surface area contributed by atoms with Crippen LogP contribution in [-0.4, -0.2) is 40.1 Å². The number of hydrogen-bond acceptors (Lipinski definition) is 4. The molecule has 1 aliphatic rings. The number of amidine groups is 1. The fraction of sp³-hybridized carbons (Fsp3) is 0.545. The van der Waals surface area contributed by atoms with E-state index in [1.807, 2.05) is 19.1 Å². The van der Waals surface area contributed by atoms with Gasteiger partial charge in [-0.05, 0) is 58.6 Å². The van der Waals surface area contributed by atoms with E-state index in [1.165, 1.54) is 18.5 Å². The normalized spacial score (nSPS) is 15.4. The Morgan fingerprint density at radius 1 is 1.46 bits per heavy atom. The molecule has 0 unspecified atom stereocenters. The fourth-order valence-electron chi connectivity index (χ4n) is 2.56. The quantitative estimate of drug-likeness (QED) is 0.324. The van der Waals surface area contributed by atoms with Crippen LogP contribution in [0.5, 0.6) is 0 Å². The van der Waals surface area contributed by atoms with E-state index >= 15 is 0 Å². The fourth-order valence-corrected chi connectivity index (χ4v) is 2.56. The van der Waals surface area contributed by atoms with Gasteiger partial charge in [-0.1, -0.05) is 13.0 Å². The number of nitrogens with two attached hydrogens (primary N) is 1. The van der Waals surface area contributed by atoms with E-state index in [4.69, 9.17) is 10.7 Å². The van der Waals surface area contributed by atoms with Crippen LogP contribution in [0, 0.1) is 0 Å². The zero-order valence-electron chi connectivity index (χ0n) is 18.3. The first-order valence-electron chi connectivity index (χ1n) is 10.1. The predicted molar refractivity (Wildman–Crippen MR) is 122 cm³/mol. The molecule has 1 fully saturated rings. The summed E-state index contributed by atoms with van der Waals surface area (Å²) in [7, 11) is 2.06. The molecule has 1 aliphatic carbocycles. The number of allylic oxidation sites excluding steroid dienone is 2. The number of rotatable bonds is 9. The van der Waals surface area contributed by atoms with Crippen molar-refractivity contribution in [3.8, 4) is 0 Å². The molecule has 1 aromatic heterocycles. The van der Waals surface area contributed by atoms with E-state index in [9.17, 15) is 0 Å². The molecule has 0 spiro atoms. The highest BCUT2D eigenvalue weighted by atomic mass is 15.2. The van der Waals surface area contributed by atoms with Crippen molar-refractivity contribution in [2.45, 2.75) is 64.8 Å². The molecule has 1 saturated carbocycles. The van der Waals surface area contributed by atoms with Crippen molar-refractivity contribution in [2.24, 2.45) is 10.7 Å². The minimum Gasteiger partial charge on any atom is -0.360 e. The third-order valence-corrected chi connectivity index (χ3v) is 4.30. The van der Waals surface area contributed by atoms with Crippen molar-refractivity contribution in [3.05, 3.63) is 49.0 Å². The summed E-state index contributed by atoms with van der Waals surface area (Å²) in [6, 6.07) is 2.08.